The predicted molar refractivity (Wildman–Crippen MR) is 89.8 cm³/mol. The van der Waals surface area contributed by atoms with Crippen molar-refractivity contribution in [3.05, 3.63) is 35.9 Å². The van der Waals surface area contributed by atoms with Crippen LogP contribution in [0.5, 0.6) is 5.75 Å². The van der Waals surface area contributed by atoms with E-state index in [-0.39, 0.29) is 18.5 Å². The first-order chi connectivity index (χ1) is 11.6. The zero-order valence-corrected chi connectivity index (χ0v) is 13.8. The number of carboxylic acid groups (broad SMARTS) is 1. The third kappa shape index (κ3) is 5.38. The number of carbonyl (C=O) groups excluding carboxylic acids is 1. The molecule has 1 aromatic carbocycles. The molecule has 1 N–H and O–H groups in total. The van der Waals surface area contributed by atoms with Crippen molar-refractivity contribution < 1.29 is 24.2 Å². The van der Waals surface area contributed by atoms with Crippen LogP contribution >= 0.6 is 0 Å². The first-order valence-electron chi connectivity index (χ1n) is 8.11. The summed E-state index contributed by atoms with van der Waals surface area (Å²) in [5.41, 5.74) is 0.856. The van der Waals surface area contributed by atoms with Crippen LogP contribution in [0.3, 0.4) is 0 Å². The number of carboxylic acids is 1. The molecule has 0 atom stereocenters. The van der Waals surface area contributed by atoms with E-state index in [1.807, 2.05) is 31.2 Å². The van der Waals surface area contributed by atoms with Gasteiger partial charge < -0.3 is 19.5 Å². The summed E-state index contributed by atoms with van der Waals surface area (Å²) in [6.45, 7) is 3.33. The van der Waals surface area contributed by atoms with Crippen LogP contribution < -0.4 is 4.74 Å². The molecule has 0 bridgehead atoms. The monoisotopic (exact) mass is 333 g/mol. The molecule has 0 aliphatic carbocycles. The van der Waals surface area contributed by atoms with Gasteiger partial charge in [-0.15, -0.1) is 0 Å². The second-order valence-corrected chi connectivity index (χ2v) is 5.54. The van der Waals surface area contributed by atoms with Gasteiger partial charge in [-0.3, -0.25) is 9.59 Å². The molecule has 1 fully saturated rings. The molecule has 1 saturated heterocycles. The number of hydrogen-bond acceptors (Lipinski definition) is 4. The summed E-state index contributed by atoms with van der Waals surface area (Å²) in [6, 6.07) is 7.28. The number of rotatable bonds is 7. The number of carbonyl (C=O) groups is 2. The van der Waals surface area contributed by atoms with Crippen LogP contribution in [0.4, 0.5) is 0 Å². The summed E-state index contributed by atoms with van der Waals surface area (Å²) in [6.07, 6.45) is 4.44. The molecule has 1 heterocycles. The molecule has 1 aliphatic heterocycles. The highest BCUT2D eigenvalue weighted by molar-refractivity contribution is 5.93. The lowest BCUT2D eigenvalue weighted by molar-refractivity contribution is -0.145. The van der Waals surface area contributed by atoms with E-state index < -0.39 is 5.97 Å². The Bertz CT molecular complexity index is 576. The first kappa shape index (κ1) is 18.0. The average molecular weight is 333 g/mol. The molecule has 6 nitrogen and oxygen atoms in total. The Hall–Kier alpha value is -2.34. The van der Waals surface area contributed by atoms with Gasteiger partial charge in [0.25, 0.3) is 0 Å². The van der Waals surface area contributed by atoms with Gasteiger partial charge in [-0.2, -0.15) is 0 Å². The smallest absolute Gasteiger partial charge is 0.323 e. The summed E-state index contributed by atoms with van der Waals surface area (Å²) in [4.78, 5) is 24.9. The molecule has 130 valence electrons. The number of nitrogens with zero attached hydrogens (tertiary/aromatic N) is 1. The van der Waals surface area contributed by atoms with E-state index >= 15 is 0 Å². The van der Waals surface area contributed by atoms with Gasteiger partial charge in [0.1, 0.15) is 12.3 Å². The lowest BCUT2D eigenvalue weighted by Gasteiger charge is -2.32. The predicted octanol–water partition coefficient (Wildman–Crippen LogP) is 2.19. The Morgan fingerprint density at radius 3 is 2.54 bits per heavy atom. The quantitative estimate of drug-likeness (QED) is 0.774. The van der Waals surface area contributed by atoms with E-state index in [9.17, 15) is 9.59 Å². The highest BCUT2D eigenvalue weighted by atomic mass is 16.5. The van der Waals surface area contributed by atoms with E-state index in [2.05, 4.69) is 0 Å². The van der Waals surface area contributed by atoms with Crippen molar-refractivity contribution in [2.45, 2.75) is 25.8 Å². The normalized spacial score (nSPS) is 15.4. The van der Waals surface area contributed by atoms with Crippen LogP contribution in [-0.4, -0.2) is 54.3 Å². The Morgan fingerprint density at radius 1 is 1.29 bits per heavy atom. The zero-order chi connectivity index (χ0) is 17.4. The fourth-order valence-corrected chi connectivity index (χ4v) is 2.63. The highest BCUT2D eigenvalue weighted by Crippen LogP contribution is 2.16. The minimum absolute atomic E-state index is 0.0904. The number of ether oxygens (including phenoxy) is 2. The van der Waals surface area contributed by atoms with E-state index in [4.69, 9.17) is 14.6 Å². The van der Waals surface area contributed by atoms with Gasteiger partial charge in [0.2, 0.25) is 5.91 Å². The third-order valence-corrected chi connectivity index (χ3v) is 3.83. The molecule has 0 radical (unpaired) electrons. The average Bonchev–Trinajstić information content (AvgIpc) is 2.60. The third-order valence-electron chi connectivity index (χ3n) is 3.83. The lowest BCUT2D eigenvalue weighted by atomic mass is 10.1. The summed E-state index contributed by atoms with van der Waals surface area (Å²) in [7, 11) is 0. The molecule has 1 amide bonds. The van der Waals surface area contributed by atoms with E-state index in [1.165, 1.54) is 11.0 Å². The highest BCUT2D eigenvalue weighted by Gasteiger charge is 2.26. The van der Waals surface area contributed by atoms with E-state index in [0.717, 1.165) is 11.3 Å². The molecular formula is C18H23NO5. The maximum absolute atomic E-state index is 12.4. The van der Waals surface area contributed by atoms with Crippen molar-refractivity contribution in [3.8, 4) is 5.75 Å². The van der Waals surface area contributed by atoms with Crippen LogP contribution in [0.2, 0.25) is 0 Å². The van der Waals surface area contributed by atoms with E-state index in [0.29, 0.717) is 32.7 Å². The maximum Gasteiger partial charge on any atom is 0.323 e. The standard InChI is InChI=1S/C18H23NO5/c1-2-24-16-6-3-14(4-7-16)5-8-17(20)19(13-18(21)22)15-9-11-23-12-10-15/h3-8,15H,2,9-13H2,1H3,(H,21,22)/b8-5-. The van der Waals surface area contributed by atoms with Gasteiger partial charge in [0.15, 0.2) is 0 Å². The topological polar surface area (TPSA) is 76.1 Å². The van der Waals surface area contributed by atoms with Gasteiger partial charge >= 0.3 is 5.97 Å². The van der Waals surface area contributed by atoms with Crippen molar-refractivity contribution in [2.75, 3.05) is 26.4 Å². The van der Waals surface area contributed by atoms with Crippen LogP contribution in [0.25, 0.3) is 6.08 Å². The fourth-order valence-electron chi connectivity index (χ4n) is 2.63. The number of amides is 1. The van der Waals surface area contributed by atoms with Gasteiger partial charge in [0.05, 0.1) is 6.61 Å². The Morgan fingerprint density at radius 2 is 1.96 bits per heavy atom. The molecule has 6 heteroatoms. The minimum Gasteiger partial charge on any atom is -0.494 e. The molecule has 0 unspecified atom stereocenters. The van der Waals surface area contributed by atoms with Gasteiger partial charge in [-0.25, -0.2) is 0 Å². The first-order valence-corrected chi connectivity index (χ1v) is 8.11. The number of hydrogen-bond donors (Lipinski definition) is 1. The molecule has 24 heavy (non-hydrogen) atoms. The Balaban J connectivity index is 2.03. The second kappa shape index (κ2) is 9.08. The Labute approximate surface area is 141 Å². The molecule has 1 aliphatic rings. The molecule has 0 spiro atoms. The SMILES string of the molecule is CCOc1ccc(/C=C\C(=O)N(CC(=O)O)C2CCOCC2)cc1. The van der Waals surface area contributed by atoms with Crippen LogP contribution in [0.15, 0.2) is 30.3 Å². The summed E-state index contributed by atoms with van der Waals surface area (Å²) < 4.78 is 10.7. The van der Waals surface area contributed by atoms with Crippen molar-refractivity contribution in [2.24, 2.45) is 0 Å². The number of benzene rings is 1. The summed E-state index contributed by atoms with van der Waals surface area (Å²) in [5.74, 6) is -0.529. The van der Waals surface area contributed by atoms with Gasteiger partial charge in [-0.05, 0) is 43.5 Å². The lowest BCUT2D eigenvalue weighted by Crippen LogP contribution is -2.45. The molecule has 1 aromatic rings. The van der Waals surface area contributed by atoms with Gasteiger partial charge in [0, 0.05) is 25.3 Å². The van der Waals surface area contributed by atoms with Crippen molar-refractivity contribution >= 4 is 18.0 Å². The van der Waals surface area contributed by atoms with Crippen molar-refractivity contribution in [3.63, 3.8) is 0 Å². The van der Waals surface area contributed by atoms with Crippen LogP contribution in [0.1, 0.15) is 25.3 Å². The zero-order valence-electron chi connectivity index (χ0n) is 13.8. The summed E-state index contributed by atoms with van der Waals surface area (Å²) >= 11 is 0. The Kier molecular flexibility index (Phi) is 6.81. The largest absolute Gasteiger partial charge is 0.494 e. The minimum atomic E-state index is -1.01. The van der Waals surface area contributed by atoms with Gasteiger partial charge in [-0.1, -0.05) is 12.1 Å². The molecule has 0 saturated carbocycles. The van der Waals surface area contributed by atoms with Crippen molar-refractivity contribution in [1.82, 2.24) is 4.90 Å². The molecule has 2 rings (SSSR count). The van der Waals surface area contributed by atoms with Crippen LogP contribution in [0, 0.1) is 0 Å². The number of aliphatic carboxylic acids is 1. The second-order valence-electron chi connectivity index (χ2n) is 5.54. The fraction of sp³-hybridized carbons (Fsp3) is 0.444. The van der Waals surface area contributed by atoms with Crippen LogP contribution in [-0.2, 0) is 14.3 Å². The summed E-state index contributed by atoms with van der Waals surface area (Å²) in [5, 5.41) is 9.07. The molecule has 0 aromatic heterocycles. The maximum atomic E-state index is 12.4. The molecular weight excluding hydrogens is 310 g/mol. The van der Waals surface area contributed by atoms with E-state index in [1.54, 1.807) is 6.08 Å². The van der Waals surface area contributed by atoms with Crippen molar-refractivity contribution in [1.29, 1.82) is 0 Å².